The molecule has 0 aromatic carbocycles. The molecule has 1 heterocycles. The summed E-state index contributed by atoms with van der Waals surface area (Å²) in [6.45, 7) is 9.79. The second kappa shape index (κ2) is 42.6. The number of hydrogen-bond acceptors (Lipinski definition) is 3. The standard InChI is InChI=1S/C44H85NO3.2C4H9.Sn/c1-3-5-7-9-11-13-15-17-18-19-20-21-22-23-24-25-26-28-30-32-34-36-38-40-44(48)45-42(41-46)43(47)39-37-35-33-31-29-27-16-14-12-10-8-6-4-2;2*1-3-4-2;/h37,39,42-43H,3-36,38,40-41H2,1-2H3,(H,45,48);2*1,3-4H2,2H3;/q-2;;;+2/b39-37+;;;/t42-,43+;;;/m0.../s1. The Kier molecular flexibility index (Phi) is 41.1. The minimum Gasteiger partial charge on any atom is -0.0654 e. The molecule has 1 aliphatic heterocycles. The number of hydrogen-bond donors (Lipinski definition) is 1. The number of amides is 1. The number of unbranched alkanes of at least 4 members (excludes halogenated alkanes) is 35. The van der Waals surface area contributed by atoms with Crippen LogP contribution in [0.5, 0.6) is 0 Å². The Morgan fingerprint density at radius 3 is 1.18 bits per heavy atom. The van der Waals surface area contributed by atoms with Gasteiger partial charge in [-0.05, 0) is 0 Å². The van der Waals surface area contributed by atoms with Gasteiger partial charge in [0.2, 0.25) is 0 Å². The van der Waals surface area contributed by atoms with Gasteiger partial charge in [-0.15, -0.1) is 0 Å². The first-order valence-electron chi connectivity index (χ1n) is 26.4. The second-order valence-electron chi connectivity index (χ2n) is 18.5. The molecule has 0 unspecified atom stereocenters. The number of allylic oxidation sites excluding steroid dienone is 1. The summed E-state index contributed by atoms with van der Waals surface area (Å²) in [4.78, 5) is 13.1. The van der Waals surface area contributed by atoms with Gasteiger partial charge in [-0.3, -0.25) is 0 Å². The van der Waals surface area contributed by atoms with Crippen molar-refractivity contribution in [2.24, 2.45) is 0 Å². The molecule has 1 aliphatic rings. The minimum absolute atomic E-state index is 0.0192. The second-order valence-corrected chi connectivity index (χ2v) is 28.0. The summed E-state index contributed by atoms with van der Waals surface area (Å²) in [6.07, 6.45) is 58.4. The van der Waals surface area contributed by atoms with Crippen molar-refractivity contribution in [2.75, 3.05) is 6.61 Å². The van der Waals surface area contributed by atoms with Crippen molar-refractivity contribution in [1.82, 2.24) is 5.32 Å². The van der Waals surface area contributed by atoms with Gasteiger partial charge in [0.15, 0.2) is 0 Å². The van der Waals surface area contributed by atoms with E-state index in [9.17, 15) is 4.79 Å². The average molecular weight is 909 g/mol. The summed E-state index contributed by atoms with van der Waals surface area (Å²) in [7, 11) is 0. The van der Waals surface area contributed by atoms with E-state index in [2.05, 4.69) is 45.2 Å². The molecule has 1 amide bonds. The molecule has 1 fully saturated rings. The molecule has 1 rings (SSSR count). The molecule has 5 heteroatoms. The summed E-state index contributed by atoms with van der Waals surface area (Å²) in [5.74, 6) is 0.185. The predicted octanol–water partition coefficient (Wildman–Crippen LogP) is 17.6. The quantitative estimate of drug-likeness (QED) is 0.0376. The molecule has 2 atom stereocenters. The zero-order chi connectivity index (χ0) is 41.2. The van der Waals surface area contributed by atoms with Crippen LogP contribution in [-0.4, -0.2) is 43.9 Å². The molecule has 0 aliphatic carbocycles. The van der Waals surface area contributed by atoms with E-state index < -0.39 is 19.2 Å². The topological polar surface area (TPSA) is 47.6 Å². The van der Waals surface area contributed by atoms with Crippen LogP contribution in [0.1, 0.15) is 285 Å². The molecule has 0 spiro atoms. The first-order chi connectivity index (χ1) is 28.1. The van der Waals surface area contributed by atoms with Gasteiger partial charge in [0, 0.05) is 0 Å². The van der Waals surface area contributed by atoms with Crippen molar-refractivity contribution in [1.29, 1.82) is 0 Å². The molecule has 338 valence electrons. The molecule has 0 saturated carbocycles. The minimum atomic E-state index is -3.16. The van der Waals surface area contributed by atoms with Gasteiger partial charge in [-0.1, -0.05) is 149 Å². The van der Waals surface area contributed by atoms with Crippen molar-refractivity contribution < 1.29 is 10.9 Å². The summed E-state index contributed by atoms with van der Waals surface area (Å²) in [6, 6.07) is -0.0521. The van der Waals surface area contributed by atoms with E-state index in [4.69, 9.17) is 6.15 Å². The van der Waals surface area contributed by atoms with Crippen molar-refractivity contribution in [3.05, 3.63) is 12.2 Å². The first-order valence-corrected chi connectivity index (χ1v) is 32.7. The Morgan fingerprint density at radius 2 is 0.807 bits per heavy atom. The van der Waals surface area contributed by atoms with E-state index in [1.807, 2.05) is 0 Å². The van der Waals surface area contributed by atoms with Crippen LogP contribution >= 0.6 is 0 Å². The van der Waals surface area contributed by atoms with Gasteiger partial charge in [0.25, 0.3) is 0 Å². The maximum absolute atomic E-state index is 13.1. The Balaban J connectivity index is 2.19. The van der Waals surface area contributed by atoms with Gasteiger partial charge in [-0.2, -0.15) is 0 Å². The van der Waals surface area contributed by atoms with E-state index in [-0.39, 0.29) is 18.1 Å². The van der Waals surface area contributed by atoms with Gasteiger partial charge < -0.3 is 0 Å². The summed E-state index contributed by atoms with van der Waals surface area (Å²) in [5, 5.41) is 3.37. The van der Waals surface area contributed by atoms with Crippen LogP contribution in [0.25, 0.3) is 0 Å². The van der Waals surface area contributed by atoms with Crippen LogP contribution in [-0.2, 0) is 10.9 Å². The summed E-state index contributed by atoms with van der Waals surface area (Å²) in [5.41, 5.74) is 0. The van der Waals surface area contributed by atoms with E-state index in [0.717, 1.165) is 21.7 Å². The fourth-order valence-electron chi connectivity index (χ4n) is 8.78. The maximum atomic E-state index is 13.1. The Labute approximate surface area is 363 Å². The number of carbonyl (C=O) groups is 1. The monoisotopic (exact) mass is 910 g/mol. The molecule has 0 aromatic heterocycles. The van der Waals surface area contributed by atoms with E-state index in [1.54, 1.807) is 0 Å². The fourth-order valence-corrected chi connectivity index (χ4v) is 19.8. The number of nitrogens with one attached hydrogen (secondary N) is 1. The molecule has 1 N–H and O–H groups in total. The zero-order valence-electron chi connectivity index (χ0n) is 39.4. The van der Waals surface area contributed by atoms with Crippen LogP contribution in [0.2, 0.25) is 8.87 Å². The van der Waals surface area contributed by atoms with Crippen LogP contribution in [0, 0.1) is 0 Å². The third-order valence-corrected chi connectivity index (χ3v) is 23.1. The fraction of sp³-hybridized carbons (Fsp3) is 0.942. The first kappa shape index (κ1) is 54.9. The summed E-state index contributed by atoms with van der Waals surface area (Å²) >= 11 is -3.16. The van der Waals surface area contributed by atoms with Crippen molar-refractivity contribution in [3.63, 3.8) is 0 Å². The molecular formula is C52H103NO3Sn. The van der Waals surface area contributed by atoms with Crippen molar-refractivity contribution in [3.8, 4) is 0 Å². The third-order valence-electron chi connectivity index (χ3n) is 12.7. The summed E-state index contributed by atoms with van der Waals surface area (Å²) < 4.78 is 16.1. The Morgan fingerprint density at radius 1 is 0.474 bits per heavy atom. The van der Waals surface area contributed by atoms with E-state index in [1.165, 1.54) is 238 Å². The molecule has 4 nitrogen and oxygen atoms in total. The van der Waals surface area contributed by atoms with Crippen LogP contribution in [0.4, 0.5) is 0 Å². The normalized spacial score (nSPS) is 16.8. The Bertz CT molecular complexity index is 856. The molecular weight excluding hydrogens is 805 g/mol. The molecule has 0 aromatic rings. The number of rotatable bonds is 44. The third kappa shape index (κ3) is 34.2. The van der Waals surface area contributed by atoms with Crippen LogP contribution < -0.4 is 5.32 Å². The SMILES string of the molecule is CCCCCCCCCCCCC/C=C/[C@H]1[O][Sn]([CH2]CCC)([CH2]CCC)[O]C[C@@H]1NC(=O)CCCCCCCCCCCCCCCCCCCCCCCCC. The van der Waals surface area contributed by atoms with Crippen LogP contribution in [0.3, 0.4) is 0 Å². The molecule has 57 heavy (non-hydrogen) atoms. The average Bonchev–Trinajstić information content (AvgIpc) is 3.22. The number of carbonyl (C=O) groups excluding carboxylic acids is 1. The van der Waals surface area contributed by atoms with Gasteiger partial charge >= 0.3 is 217 Å². The molecule has 0 radical (unpaired) electrons. The van der Waals surface area contributed by atoms with E-state index >= 15 is 0 Å². The molecule has 0 bridgehead atoms. The van der Waals surface area contributed by atoms with Crippen LogP contribution in [0.15, 0.2) is 12.2 Å². The van der Waals surface area contributed by atoms with Gasteiger partial charge in [0.1, 0.15) is 0 Å². The van der Waals surface area contributed by atoms with Crippen molar-refractivity contribution in [2.45, 2.75) is 306 Å². The van der Waals surface area contributed by atoms with Gasteiger partial charge in [0.05, 0.1) is 0 Å². The Hall–Kier alpha value is -0.0713. The van der Waals surface area contributed by atoms with Gasteiger partial charge in [-0.25, -0.2) is 0 Å². The zero-order valence-corrected chi connectivity index (χ0v) is 42.3. The van der Waals surface area contributed by atoms with Crippen molar-refractivity contribution >= 4 is 25.1 Å². The smallest absolute Gasteiger partial charge is 0.0654 e. The predicted molar refractivity (Wildman–Crippen MR) is 255 cm³/mol. The molecule has 1 saturated heterocycles. The van der Waals surface area contributed by atoms with E-state index in [0.29, 0.717) is 13.0 Å².